The van der Waals surface area contributed by atoms with Crippen LogP contribution in [0.1, 0.15) is 50.5 Å². The Bertz CT molecular complexity index is 524. The molecule has 2 aliphatic heterocycles. The highest BCUT2D eigenvalue weighted by atomic mass is 35.5. The van der Waals surface area contributed by atoms with Crippen molar-refractivity contribution in [3.05, 3.63) is 35.6 Å². The van der Waals surface area contributed by atoms with Crippen molar-refractivity contribution in [3.63, 3.8) is 0 Å². The van der Waals surface area contributed by atoms with Crippen molar-refractivity contribution < 1.29 is 9.18 Å². The highest BCUT2D eigenvalue weighted by Gasteiger charge is 2.36. The second-order valence-corrected chi connectivity index (χ2v) is 6.92. The summed E-state index contributed by atoms with van der Waals surface area (Å²) in [5, 5.41) is 3.61. The van der Waals surface area contributed by atoms with Gasteiger partial charge in [0.05, 0.1) is 0 Å². The number of hydrogen-bond donors (Lipinski definition) is 1. The molecule has 1 N–H and O–H groups in total. The molecule has 3 atom stereocenters. The Kier molecular flexibility index (Phi) is 6.04. The molecule has 1 aromatic rings. The van der Waals surface area contributed by atoms with E-state index in [1.54, 1.807) is 12.1 Å². The summed E-state index contributed by atoms with van der Waals surface area (Å²) in [5.74, 6) is 0.0849. The lowest BCUT2D eigenvalue weighted by molar-refractivity contribution is -0.133. The topological polar surface area (TPSA) is 32.3 Å². The fourth-order valence-electron chi connectivity index (χ4n) is 3.86. The fraction of sp³-hybridized carbons (Fsp3) is 0.611. The SMILES string of the molecule is CC(CC(=O)N(C)C1CC2CCC(C1)N2)c1ccc(F)cc1.Cl. The van der Waals surface area contributed by atoms with E-state index in [-0.39, 0.29) is 30.0 Å². The molecule has 3 nitrogen and oxygen atoms in total. The van der Waals surface area contributed by atoms with Crippen molar-refractivity contribution in [1.29, 1.82) is 0 Å². The number of amides is 1. The Labute approximate surface area is 144 Å². The molecule has 0 aromatic heterocycles. The summed E-state index contributed by atoms with van der Waals surface area (Å²) < 4.78 is 13.0. The molecule has 23 heavy (non-hydrogen) atoms. The third-order valence-corrected chi connectivity index (χ3v) is 5.31. The van der Waals surface area contributed by atoms with Gasteiger partial charge in [-0.15, -0.1) is 12.4 Å². The lowest BCUT2D eigenvalue weighted by Crippen LogP contribution is -2.48. The first kappa shape index (κ1) is 18.2. The molecular weight excluding hydrogens is 315 g/mol. The number of hydrogen-bond acceptors (Lipinski definition) is 2. The molecule has 0 radical (unpaired) electrons. The van der Waals surface area contributed by atoms with Gasteiger partial charge in [0.15, 0.2) is 0 Å². The summed E-state index contributed by atoms with van der Waals surface area (Å²) in [6.45, 7) is 2.03. The predicted octanol–water partition coefficient (Wildman–Crippen LogP) is 3.48. The maximum Gasteiger partial charge on any atom is 0.223 e. The molecule has 2 aliphatic rings. The second kappa shape index (κ2) is 7.63. The molecule has 1 aromatic carbocycles. The summed E-state index contributed by atoms with van der Waals surface area (Å²) in [7, 11) is 1.94. The summed E-state index contributed by atoms with van der Waals surface area (Å²) in [4.78, 5) is 14.5. The highest BCUT2D eigenvalue weighted by Crippen LogP contribution is 2.30. The third-order valence-electron chi connectivity index (χ3n) is 5.31. The molecule has 3 unspecified atom stereocenters. The van der Waals surface area contributed by atoms with E-state index in [1.807, 2.05) is 18.9 Å². The average molecular weight is 341 g/mol. The van der Waals surface area contributed by atoms with Crippen LogP contribution in [0.5, 0.6) is 0 Å². The van der Waals surface area contributed by atoms with Crippen LogP contribution in [0.15, 0.2) is 24.3 Å². The minimum atomic E-state index is -0.232. The zero-order valence-electron chi connectivity index (χ0n) is 13.8. The average Bonchev–Trinajstić information content (AvgIpc) is 2.85. The first-order valence-electron chi connectivity index (χ1n) is 8.30. The van der Waals surface area contributed by atoms with Crippen molar-refractivity contribution in [2.24, 2.45) is 0 Å². The Morgan fingerprint density at radius 1 is 1.26 bits per heavy atom. The number of nitrogens with one attached hydrogen (secondary N) is 1. The van der Waals surface area contributed by atoms with E-state index < -0.39 is 0 Å². The number of piperidine rings is 1. The summed E-state index contributed by atoms with van der Waals surface area (Å²) >= 11 is 0. The minimum absolute atomic E-state index is 0. The van der Waals surface area contributed by atoms with Gasteiger partial charge in [0, 0.05) is 31.6 Å². The lowest BCUT2D eigenvalue weighted by Gasteiger charge is -2.36. The smallest absolute Gasteiger partial charge is 0.223 e. The number of nitrogens with zero attached hydrogens (tertiary/aromatic N) is 1. The Morgan fingerprint density at radius 3 is 2.39 bits per heavy atom. The number of halogens is 2. The largest absolute Gasteiger partial charge is 0.343 e. The van der Waals surface area contributed by atoms with Crippen molar-refractivity contribution in [2.45, 2.75) is 63.1 Å². The van der Waals surface area contributed by atoms with Gasteiger partial charge in [0.25, 0.3) is 0 Å². The van der Waals surface area contributed by atoms with Gasteiger partial charge in [-0.2, -0.15) is 0 Å². The summed E-state index contributed by atoms with van der Waals surface area (Å²) in [6, 6.07) is 8.03. The van der Waals surface area contributed by atoms with Crippen LogP contribution in [-0.4, -0.2) is 36.0 Å². The first-order chi connectivity index (χ1) is 10.5. The molecule has 1 amide bonds. The van der Waals surface area contributed by atoms with Crippen LogP contribution in [0.2, 0.25) is 0 Å². The summed E-state index contributed by atoms with van der Waals surface area (Å²) in [6.07, 6.45) is 5.12. The number of carbonyl (C=O) groups excluding carboxylic acids is 1. The van der Waals surface area contributed by atoms with Crippen molar-refractivity contribution in [2.75, 3.05) is 7.05 Å². The maximum atomic E-state index is 13.0. The highest BCUT2D eigenvalue weighted by molar-refractivity contribution is 5.85. The molecule has 0 spiro atoms. The van der Waals surface area contributed by atoms with E-state index in [0.29, 0.717) is 24.5 Å². The van der Waals surface area contributed by atoms with Gasteiger partial charge in [-0.25, -0.2) is 4.39 Å². The number of rotatable bonds is 4. The molecule has 5 heteroatoms. The van der Waals surface area contributed by atoms with E-state index in [1.165, 1.54) is 25.0 Å². The maximum absolute atomic E-state index is 13.0. The zero-order chi connectivity index (χ0) is 15.7. The molecule has 2 saturated heterocycles. The Morgan fingerprint density at radius 2 is 1.83 bits per heavy atom. The fourth-order valence-corrected chi connectivity index (χ4v) is 3.86. The third kappa shape index (κ3) is 4.24. The number of fused-ring (bicyclic) bond motifs is 2. The minimum Gasteiger partial charge on any atom is -0.343 e. The van der Waals surface area contributed by atoms with Crippen LogP contribution in [-0.2, 0) is 4.79 Å². The predicted molar refractivity (Wildman–Crippen MR) is 92.4 cm³/mol. The van der Waals surface area contributed by atoms with Crippen LogP contribution in [0.4, 0.5) is 4.39 Å². The van der Waals surface area contributed by atoms with Crippen LogP contribution in [0, 0.1) is 5.82 Å². The van der Waals surface area contributed by atoms with Crippen molar-refractivity contribution in [1.82, 2.24) is 10.2 Å². The molecule has 0 saturated carbocycles. The van der Waals surface area contributed by atoms with Gasteiger partial charge in [-0.1, -0.05) is 19.1 Å². The molecule has 2 bridgehead atoms. The number of carbonyl (C=O) groups is 1. The standard InChI is InChI=1S/C18H25FN2O.ClH/c1-12(13-3-5-14(19)6-4-13)9-18(22)21(2)17-10-15-7-8-16(11-17)20-15;/h3-6,12,15-17,20H,7-11H2,1-2H3;1H. The molecule has 3 rings (SSSR count). The van der Waals surface area contributed by atoms with Crippen LogP contribution < -0.4 is 5.32 Å². The molecule has 0 aliphatic carbocycles. The van der Waals surface area contributed by atoms with Gasteiger partial charge >= 0.3 is 0 Å². The zero-order valence-corrected chi connectivity index (χ0v) is 14.6. The van der Waals surface area contributed by atoms with E-state index in [0.717, 1.165) is 18.4 Å². The van der Waals surface area contributed by atoms with Gasteiger partial charge in [-0.05, 0) is 49.3 Å². The first-order valence-corrected chi connectivity index (χ1v) is 8.30. The van der Waals surface area contributed by atoms with Crippen LogP contribution in [0.3, 0.4) is 0 Å². The van der Waals surface area contributed by atoms with Gasteiger partial charge < -0.3 is 10.2 Å². The quantitative estimate of drug-likeness (QED) is 0.910. The molecular formula is C18H26ClFN2O. The van der Waals surface area contributed by atoms with Crippen molar-refractivity contribution in [3.8, 4) is 0 Å². The van der Waals surface area contributed by atoms with Gasteiger partial charge in [-0.3, -0.25) is 4.79 Å². The molecule has 2 fully saturated rings. The van der Waals surface area contributed by atoms with Crippen LogP contribution in [0.25, 0.3) is 0 Å². The van der Waals surface area contributed by atoms with Crippen LogP contribution >= 0.6 is 12.4 Å². The van der Waals surface area contributed by atoms with Gasteiger partial charge in [0.2, 0.25) is 5.91 Å². The Hall–Kier alpha value is -1.13. The van der Waals surface area contributed by atoms with E-state index in [4.69, 9.17) is 0 Å². The van der Waals surface area contributed by atoms with E-state index >= 15 is 0 Å². The second-order valence-electron chi connectivity index (χ2n) is 6.92. The van der Waals surface area contributed by atoms with Gasteiger partial charge in [0.1, 0.15) is 5.82 Å². The number of benzene rings is 1. The lowest BCUT2D eigenvalue weighted by atomic mass is 9.95. The van der Waals surface area contributed by atoms with E-state index in [9.17, 15) is 9.18 Å². The summed E-state index contributed by atoms with van der Waals surface area (Å²) in [5.41, 5.74) is 1.02. The van der Waals surface area contributed by atoms with Crippen molar-refractivity contribution >= 4 is 18.3 Å². The molecule has 128 valence electrons. The monoisotopic (exact) mass is 340 g/mol. The Balaban J connectivity index is 0.00000192. The van der Waals surface area contributed by atoms with E-state index in [2.05, 4.69) is 5.32 Å². The molecule has 2 heterocycles. The normalized spacial score (nSPS) is 27.2.